The predicted octanol–water partition coefficient (Wildman–Crippen LogP) is 2.83. The van der Waals surface area contributed by atoms with E-state index in [1.807, 2.05) is 29.2 Å². The number of fused-ring (bicyclic) bond motifs is 2. The molecule has 1 aromatic carbocycles. The van der Waals surface area contributed by atoms with Crippen molar-refractivity contribution in [3.8, 4) is 0 Å². The predicted molar refractivity (Wildman–Crippen MR) is 111 cm³/mol. The average molecular weight is 409 g/mol. The average Bonchev–Trinajstić information content (AvgIpc) is 3.32. The van der Waals surface area contributed by atoms with Gasteiger partial charge in [-0.05, 0) is 44.7 Å². The van der Waals surface area contributed by atoms with Gasteiger partial charge in [-0.2, -0.15) is 0 Å². The van der Waals surface area contributed by atoms with Gasteiger partial charge in [-0.3, -0.25) is 19.3 Å². The van der Waals surface area contributed by atoms with Gasteiger partial charge in [0.05, 0.1) is 22.9 Å². The summed E-state index contributed by atoms with van der Waals surface area (Å²) in [5.74, 6) is 0.191. The zero-order chi connectivity index (χ0) is 20.8. The largest absolute Gasteiger partial charge is 0.342 e. The highest BCUT2D eigenvalue weighted by molar-refractivity contribution is 6.08. The third kappa shape index (κ3) is 3.11. The number of para-hydroxylation sites is 2. The molecule has 2 aromatic rings. The van der Waals surface area contributed by atoms with Gasteiger partial charge in [-0.1, -0.05) is 25.0 Å². The van der Waals surface area contributed by atoms with Crippen molar-refractivity contribution < 1.29 is 14.4 Å². The van der Waals surface area contributed by atoms with Gasteiger partial charge in [0.1, 0.15) is 11.9 Å². The SMILES string of the molecule is CC(C(=O)N1CCCC(c2nc3ccccc3[nH]2)C1)N1C(=O)C2CCCCC2C1=O. The second-order valence-corrected chi connectivity index (χ2v) is 8.98. The first-order valence-electron chi connectivity index (χ1n) is 11.1. The Hall–Kier alpha value is -2.70. The first-order chi connectivity index (χ1) is 14.5. The maximum atomic E-state index is 13.3. The van der Waals surface area contributed by atoms with Crippen molar-refractivity contribution in [2.45, 2.75) is 57.4 Å². The van der Waals surface area contributed by atoms with Gasteiger partial charge in [-0.25, -0.2) is 4.98 Å². The van der Waals surface area contributed by atoms with Crippen molar-refractivity contribution >= 4 is 28.8 Å². The van der Waals surface area contributed by atoms with Gasteiger partial charge in [0, 0.05) is 19.0 Å². The van der Waals surface area contributed by atoms with E-state index in [0.717, 1.165) is 55.4 Å². The fourth-order valence-corrected chi connectivity index (χ4v) is 5.51. The van der Waals surface area contributed by atoms with Crippen LogP contribution < -0.4 is 0 Å². The van der Waals surface area contributed by atoms with Crippen molar-refractivity contribution in [1.82, 2.24) is 19.8 Å². The second kappa shape index (κ2) is 7.52. The molecule has 7 heteroatoms. The molecule has 0 spiro atoms. The maximum absolute atomic E-state index is 13.3. The molecule has 2 saturated heterocycles. The Morgan fingerprint density at radius 1 is 1.07 bits per heavy atom. The summed E-state index contributed by atoms with van der Waals surface area (Å²) in [5, 5.41) is 0. The number of aromatic amines is 1. The number of rotatable bonds is 3. The molecule has 5 rings (SSSR count). The molecule has 2 aliphatic heterocycles. The molecule has 3 aliphatic rings. The second-order valence-electron chi connectivity index (χ2n) is 8.98. The number of carbonyl (C=O) groups is 3. The summed E-state index contributed by atoms with van der Waals surface area (Å²) in [6.07, 6.45) is 5.36. The minimum absolute atomic E-state index is 0.129. The Kier molecular flexibility index (Phi) is 4.83. The lowest BCUT2D eigenvalue weighted by molar-refractivity contribution is -0.151. The highest BCUT2D eigenvalue weighted by atomic mass is 16.2. The summed E-state index contributed by atoms with van der Waals surface area (Å²) < 4.78 is 0. The third-order valence-electron chi connectivity index (χ3n) is 7.15. The van der Waals surface area contributed by atoms with E-state index in [1.54, 1.807) is 6.92 Å². The van der Waals surface area contributed by atoms with Crippen LogP contribution in [0.3, 0.4) is 0 Å². The molecule has 1 N–H and O–H groups in total. The molecule has 0 radical (unpaired) electrons. The number of nitrogens with one attached hydrogen (secondary N) is 1. The molecule has 158 valence electrons. The van der Waals surface area contributed by atoms with Gasteiger partial charge in [0.15, 0.2) is 0 Å². The molecular weight excluding hydrogens is 380 g/mol. The molecule has 4 atom stereocenters. The fraction of sp³-hybridized carbons (Fsp3) is 0.565. The van der Waals surface area contributed by atoms with E-state index >= 15 is 0 Å². The van der Waals surface area contributed by atoms with Crippen LogP contribution in [0.1, 0.15) is 57.2 Å². The van der Waals surface area contributed by atoms with Gasteiger partial charge < -0.3 is 9.88 Å². The van der Waals surface area contributed by atoms with Crippen LogP contribution in [0.25, 0.3) is 11.0 Å². The number of H-pyrrole nitrogens is 1. The highest BCUT2D eigenvalue weighted by Gasteiger charge is 2.51. The van der Waals surface area contributed by atoms with Gasteiger partial charge >= 0.3 is 0 Å². The van der Waals surface area contributed by atoms with Crippen molar-refractivity contribution in [2.75, 3.05) is 13.1 Å². The maximum Gasteiger partial charge on any atom is 0.245 e. The summed E-state index contributed by atoms with van der Waals surface area (Å²) in [6, 6.07) is 7.19. The van der Waals surface area contributed by atoms with E-state index in [2.05, 4.69) is 4.98 Å². The summed E-state index contributed by atoms with van der Waals surface area (Å²) in [7, 11) is 0. The van der Waals surface area contributed by atoms with E-state index in [4.69, 9.17) is 4.98 Å². The topological polar surface area (TPSA) is 86.4 Å². The minimum atomic E-state index is -0.731. The van der Waals surface area contributed by atoms with E-state index in [-0.39, 0.29) is 35.5 Å². The Morgan fingerprint density at radius 3 is 2.47 bits per heavy atom. The lowest BCUT2D eigenvalue weighted by atomic mass is 9.81. The number of carbonyl (C=O) groups excluding carboxylic acids is 3. The lowest BCUT2D eigenvalue weighted by Crippen LogP contribution is -2.52. The first-order valence-corrected chi connectivity index (χ1v) is 11.1. The standard InChI is InChI=1S/C23H28N4O3/c1-14(27-22(29)16-8-2-3-9-17(16)23(27)30)21(28)26-12-6-7-15(13-26)20-24-18-10-4-5-11-19(18)25-20/h4-5,10-11,14-17H,2-3,6-9,12-13H2,1H3,(H,24,25). The van der Waals surface area contributed by atoms with E-state index in [9.17, 15) is 14.4 Å². The number of imidazole rings is 1. The molecule has 3 fully saturated rings. The number of nitrogens with zero attached hydrogens (tertiary/aromatic N) is 3. The summed E-state index contributed by atoms with van der Waals surface area (Å²) in [4.78, 5) is 50.2. The van der Waals surface area contributed by atoms with Crippen LogP contribution in [0.15, 0.2) is 24.3 Å². The Labute approximate surface area is 175 Å². The van der Waals surface area contributed by atoms with Crippen LogP contribution in [0.5, 0.6) is 0 Å². The molecule has 4 unspecified atom stereocenters. The van der Waals surface area contributed by atoms with Gasteiger partial charge in [-0.15, -0.1) is 0 Å². The zero-order valence-corrected chi connectivity index (χ0v) is 17.3. The Morgan fingerprint density at radius 2 is 1.77 bits per heavy atom. The molecule has 1 aliphatic carbocycles. The van der Waals surface area contributed by atoms with Crippen LogP contribution >= 0.6 is 0 Å². The number of piperidine rings is 1. The molecule has 3 heterocycles. The Balaban J connectivity index is 1.31. The van der Waals surface area contributed by atoms with Crippen LogP contribution in [-0.2, 0) is 14.4 Å². The monoisotopic (exact) mass is 408 g/mol. The van der Waals surface area contributed by atoms with Crippen molar-refractivity contribution in [2.24, 2.45) is 11.8 Å². The third-order valence-corrected chi connectivity index (χ3v) is 7.15. The van der Waals surface area contributed by atoms with Crippen LogP contribution in [0.4, 0.5) is 0 Å². The number of hydrogen-bond acceptors (Lipinski definition) is 4. The molecule has 0 bridgehead atoms. The number of likely N-dealkylation sites (tertiary alicyclic amines) is 2. The van der Waals surface area contributed by atoms with Crippen molar-refractivity contribution in [3.05, 3.63) is 30.1 Å². The smallest absolute Gasteiger partial charge is 0.245 e. The number of aromatic nitrogens is 2. The quantitative estimate of drug-likeness (QED) is 0.792. The first kappa shape index (κ1) is 19.3. The number of amides is 3. The van der Waals surface area contributed by atoms with Crippen molar-refractivity contribution in [1.29, 1.82) is 0 Å². The fourth-order valence-electron chi connectivity index (χ4n) is 5.51. The van der Waals surface area contributed by atoms with Crippen LogP contribution in [0, 0.1) is 11.8 Å². The van der Waals surface area contributed by atoms with E-state index < -0.39 is 6.04 Å². The van der Waals surface area contributed by atoms with Crippen molar-refractivity contribution in [3.63, 3.8) is 0 Å². The highest BCUT2D eigenvalue weighted by Crippen LogP contribution is 2.39. The normalized spacial score (nSPS) is 28.1. The summed E-state index contributed by atoms with van der Waals surface area (Å²) in [6.45, 7) is 2.93. The van der Waals surface area contributed by atoms with E-state index in [0.29, 0.717) is 13.1 Å². The molecule has 7 nitrogen and oxygen atoms in total. The number of imide groups is 1. The van der Waals surface area contributed by atoms with Gasteiger partial charge in [0.2, 0.25) is 17.7 Å². The number of hydrogen-bond donors (Lipinski definition) is 1. The summed E-state index contributed by atoms with van der Waals surface area (Å²) in [5.41, 5.74) is 1.93. The molecule has 1 saturated carbocycles. The van der Waals surface area contributed by atoms with Crippen LogP contribution in [-0.4, -0.2) is 56.6 Å². The Bertz CT molecular complexity index is 942. The number of benzene rings is 1. The van der Waals surface area contributed by atoms with Crippen LogP contribution in [0.2, 0.25) is 0 Å². The molecule has 1 aromatic heterocycles. The van der Waals surface area contributed by atoms with Gasteiger partial charge in [0.25, 0.3) is 0 Å². The van der Waals surface area contributed by atoms with E-state index in [1.165, 1.54) is 4.90 Å². The lowest BCUT2D eigenvalue weighted by Gasteiger charge is -2.35. The molecule has 30 heavy (non-hydrogen) atoms. The summed E-state index contributed by atoms with van der Waals surface area (Å²) >= 11 is 0. The molecule has 3 amide bonds. The molecular formula is C23H28N4O3. The minimum Gasteiger partial charge on any atom is -0.342 e. The zero-order valence-electron chi connectivity index (χ0n) is 17.3.